The lowest BCUT2D eigenvalue weighted by Gasteiger charge is -2.39. The Labute approximate surface area is 293 Å². The zero-order valence-electron chi connectivity index (χ0n) is 28.5. The van der Waals surface area contributed by atoms with E-state index in [2.05, 4.69) is 53.0 Å². The van der Waals surface area contributed by atoms with E-state index in [9.17, 15) is 29.2 Å². The van der Waals surface area contributed by atoms with Crippen LogP contribution in [-0.2, 0) is 28.0 Å². The van der Waals surface area contributed by atoms with Crippen LogP contribution in [0.1, 0.15) is 98.2 Å². The van der Waals surface area contributed by atoms with Gasteiger partial charge >= 0.3 is 0 Å². The lowest BCUT2D eigenvalue weighted by Crippen LogP contribution is -2.54. The predicted octanol–water partition coefficient (Wildman–Crippen LogP) is 4.33. The zero-order chi connectivity index (χ0) is 35.9. The molecule has 258 valence electrons. The molecule has 0 radical (unpaired) electrons. The molecule has 11 nitrogen and oxygen atoms in total. The minimum Gasteiger partial charge on any atom is -0.369 e. The number of halogens is 1. The molecule has 2 N–H and O–H groups in total. The van der Waals surface area contributed by atoms with Gasteiger partial charge in [0.05, 0.1) is 28.3 Å². The summed E-state index contributed by atoms with van der Waals surface area (Å²) in [6.07, 6.45) is 0.715. The van der Waals surface area contributed by atoms with E-state index in [1.54, 1.807) is 12.1 Å². The Bertz CT molecular complexity index is 2290. The molecule has 2 fully saturated rings. The number of nitrogens with zero attached hydrogens (tertiary/aromatic N) is 4. The maximum atomic E-state index is 15.9. The third kappa shape index (κ3) is 4.90. The van der Waals surface area contributed by atoms with Crippen molar-refractivity contribution in [2.24, 2.45) is 0 Å². The molecule has 4 heterocycles. The van der Waals surface area contributed by atoms with Crippen LogP contribution >= 0.6 is 0 Å². The Morgan fingerprint density at radius 2 is 1.69 bits per heavy atom. The van der Waals surface area contributed by atoms with Crippen LogP contribution < -0.4 is 10.2 Å². The number of ketones is 1. The quantitative estimate of drug-likeness (QED) is 0.295. The van der Waals surface area contributed by atoms with Gasteiger partial charge in [-0.3, -0.25) is 39.1 Å². The molecule has 1 aliphatic carbocycles. The van der Waals surface area contributed by atoms with Crippen molar-refractivity contribution in [1.82, 2.24) is 20.1 Å². The molecule has 4 aliphatic rings. The van der Waals surface area contributed by atoms with Crippen LogP contribution in [0.5, 0.6) is 0 Å². The number of piperidine rings is 1. The van der Waals surface area contributed by atoms with Crippen molar-refractivity contribution in [2.45, 2.75) is 58.0 Å². The van der Waals surface area contributed by atoms with Crippen LogP contribution in [0.4, 0.5) is 10.1 Å². The van der Waals surface area contributed by atoms with Crippen molar-refractivity contribution < 1.29 is 28.4 Å². The van der Waals surface area contributed by atoms with Gasteiger partial charge in [-0.05, 0) is 54.3 Å². The summed E-state index contributed by atoms with van der Waals surface area (Å²) in [6, 6.07) is 13.5. The van der Waals surface area contributed by atoms with Crippen molar-refractivity contribution in [3.05, 3.63) is 98.5 Å². The normalized spacial score (nSPS) is 20.0. The van der Waals surface area contributed by atoms with E-state index < -0.39 is 40.9 Å². The van der Waals surface area contributed by atoms with E-state index in [0.717, 1.165) is 44.7 Å². The minimum atomic E-state index is -1.16. The molecular formula is C39H35FN6O5. The first-order chi connectivity index (χ1) is 24.4. The number of aromatic amines is 1. The number of anilines is 1. The average Bonchev–Trinajstić information content (AvgIpc) is 3.63. The van der Waals surface area contributed by atoms with Crippen molar-refractivity contribution in [3.63, 3.8) is 0 Å². The highest BCUT2D eigenvalue weighted by atomic mass is 19.1. The summed E-state index contributed by atoms with van der Waals surface area (Å²) in [5, 5.41) is 12.4. The van der Waals surface area contributed by atoms with Crippen molar-refractivity contribution in [2.75, 3.05) is 31.1 Å². The molecule has 3 aromatic carbocycles. The van der Waals surface area contributed by atoms with E-state index in [1.807, 2.05) is 12.1 Å². The summed E-state index contributed by atoms with van der Waals surface area (Å²) in [4.78, 5) is 73.2. The molecule has 1 atom stereocenters. The fraction of sp³-hybridized carbons (Fsp3) is 0.333. The van der Waals surface area contributed by atoms with Gasteiger partial charge in [-0.1, -0.05) is 32.9 Å². The Morgan fingerprint density at radius 3 is 2.39 bits per heavy atom. The molecule has 12 heteroatoms. The second kappa shape index (κ2) is 11.7. The number of hydrogen-bond donors (Lipinski definition) is 2. The van der Waals surface area contributed by atoms with E-state index in [0.29, 0.717) is 42.9 Å². The summed E-state index contributed by atoms with van der Waals surface area (Å²) in [7, 11) is 0. The van der Waals surface area contributed by atoms with Crippen LogP contribution in [0.15, 0.2) is 42.5 Å². The van der Waals surface area contributed by atoms with Crippen molar-refractivity contribution in [3.8, 4) is 6.07 Å². The molecule has 1 unspecified atom stereocenters. The maximum Gasteiger partial charge on any atom is 0.265 e. The fourth-order valence-electron chi connectivity index (χ4n) is 8.23. The van der Waals surface area contributed by atoms with Gasteiger partial charge in [0.1, 0.15) is 11.9 Å². The highest BCUT2D eigenvalue weighted by Gasteiger charge is 2.46. The average molecular weight is 687 g/mol. The number of carbonyl (C=O) groups is 5. The molecule has 8 rings (SSSR count). The van der Waals surface area contributed by atoms with Crippen molar-refractivity contribution >= 4 is 46.0 Å². The van der Waals surface area contributed by atoms with Gasteiger partial charge in [0, 0.05) is 78.0 Å². The number of carbonyl (C=O) groups excluding carboxylic acids is 5. The first-order valence-electron chi connectivity index (χ1n) is 17.2. The predicted molar refractivity (Wildman–Crippen MR) is 185 cm³/mol. The molecule has 0 bridgehead atoms. The summed E-state index contributed by atoms with van der Waals surface area (Å²) >= 11 is 0. The number of nitriles is 1. The van der Waals surface area contributed by atoms with E-state index in [-0.39, 0.29) is 41.9 Å². The minimum absolute atomic E-state index is 0.000810. The summed E-state index contributed by atoms with van der Waals surface area (Å²) < 4.78 is 15.9. The van der Waals surface area contributed by atoms with Crippen LogP contribution in [0.2, 0.25) is 0 Å². The van der Waals surface area contributed by atoms with Gasteiger partial charge in [-0.2, -0.15) is 5.26 Å². The molecule has 51 heavy (non-hydrogen) atoms. The standard InChI is InChI=1S/C39H35FN6O5/c1-4-21-16-25-26(39(2,3)35-32(34(25)48)23-7-5-20(18-41)15-27(23)42-35)17-29(21)45-13-11-44(12-14-45)19-22-6-8-24-31(33(22)40)38(51)46(37(24)50)28-9-10-30(47)43-36(28)49/h5-8,15-17,28,42H,4,9-14,19H2,1-3H3,(H,43,47,49). The third-order valence-corrected chi connectivity index (χ3v) is 11.0. The highest BCUT2D eigenvalue weighted by molar-refractivity contribution is 6.24. The van der Waals surface area contributed by atoms with Gasteiger partial charge < -0.3 is 9.88 Å². The largest absolute Gasteiger partial charge is 0.369 e. The maximum absolute atomic E-state index is 15.9. The Morgan fingerprint density at radius 1 is 0.922 bits per heavy atom. The Balaban J connectivity index is 1.02. The number of fused-ring (bicyclic) bond motifs is 5. The van der Waals surface area contributed by atoms with Crippen LogP contribution in [0, 0.1) is 17.1 Å². The lowest BCUT2D eigenvalue weighted by atomic mass is 9.70. The number of imide groups is 2. The number of benzene rings is 3. The number of amides is 4. The van der Waals surface area contributed by atoms with Gasteiger partial charge in [0.25, 0.3) is 11.8 Å². The smallest absolute Gasteiger partial charge is 0.265 e. The van der Waals surface area contributed by atoms with Gasteiger partial charge in [-0.25, -0.2) is 4.39 Å². The number of piperazine rings is 1. The molecule has 0 spiro atoms. The zero-order valence-corrected chi connectivity index (χ0v) is 28.5. The number of rotatable bonds is 5. The van der Waals surface area contributed by atoms with E-state index >= 15 is 4.39 Å². The number of H-pyrrole nitrogens is 1. The fourth-order valence-corrected chi connectivity index (χ4v) is 8.23. The Hall–Kier alpha value is -5.67. The van der Waals surface area contributed by atoms with Crippen LogP contribution in [-0.4, -0.2) is 76.4 Å². The number of aryl methyl sites for hydroxylation is 1. The third-order valence-electron chi connectivity index (χ3n) is 11.0. The SMILES string of the molecule is CCc1cc2c(cc1N1CCN(Cc3ccc4c(c3F)C(=O)N(C3CCC(=O)NC3=O)C4=O)CC1)C(C)(C)c1[nH]c3cc(C#N)ccc3c1C2=O. The Kier molecular flexibility index (Phi) is 7.46. The van der Waals surface area contributed by atoms with Crippen LogP contribution in [0.25, 0.3) is 10.9 Å². The molecule has 2 saturated heterocycles. The highest BCUT2D eigenvalue weighted by Crippen LogP contribution is 2.46. The van der Waals surface area contributed by atoms with E-state index in [1.165, 1.54) is 12.1 Å². The lowest BCUT2D eigenvalue weighted by molar-refractivity contribution is -0.136. The summed E-state index contributed by atoms with van der Waals surface area (Å²) in [5.74, 6) is -3.60. The van der Waals surface area contributed by atoms with Crippen molar-refractivity contribution in [1.29, 1.82) is 5.26 Å². The first kappa shape index (κ1) is 32.5. The van der Waals surface area contributed by atoms with Gasteiger partial charge in [-0.15, -0.1) is 0 Å². The first-order valence-corrected chi connectivity index (χ1v) is 17.2. The molecular weight excluding hydrogens is 651 g/mol. The van der Waals surface area contributed by atoms with Gasteiger partial charge in [0.15, 0.2) is 5.78 Å². The number of aromatic nitrogens is 1. The monoisotopic (exact) mass is 686 g/mol. The topological polar surface area (TPSA) is 147 Å². The van der Waals surface area contributed by atoms with Crippen LogP contribution in [0.3, 0.4) is 0 Å². The van der Waals surface area contributed by atoms with E-state index in [4.69, 9.17) is 0 Å². The second-order valence-corrected chi connectivity index (χ2v) is 14.3. The number of nitrogens with one attached hydrogen (secondary N) is 2. The summed E-state index contributed by atoms with van der Waals surface area (Å²) in [5.41, 5.74) is 5.90. The molecule has 3 aliphatic heterocycles. The second-order valence-electron chi connectivity index (χ2n) is 14.3. The molecule has 1 aromatic heterocycles. The number of hydrogen-bond acceptors (Lipinski definition) is 8. The molecule has 0 saturated carbocycles. The molecule has 4 aromatic rings. The molecule has 4 amide bonds. The van der Waals surface area contributed by atoms with Gasteiger partial charge in [0.2, 0.25) is 11.8 Å². The summed E-state index contributed by atoms with van der Waals surface area (Å²) in [6.45, 7) is 9.06.